The minimum absolute atomic E-state index is 0.333. The van der Waals surface area contributed by atoms with Crippen LogP contribution in [0.25, 0.3) is 0 Å². The second kappa shape index (κ2) is 6.29. The minimum Gasteiger partial charge on any atom is -0.354 e. The lowest BCUT2D eigenvalue weighted by Gasteiger charge is -2.15. The standard InChI is InChI=1S/C13H14FN3O4/c14-8-4-5-11(17(20)21)9(7-8)12(18)16-10-3-1-2-6-15-13(10)19/h4-5,7,10H,1-3,6H2,(H,15,19)(H,16,18). The van der Waals surface area contributed by atoms with Crippen LogP contribution in [0.5, 0.6) is 0 Å². The van der Waals surface area contributed by atoms with Crippen LogP contribution >= 0.6 is 0 Å². The Bertz CT molecular complexity index is 591. The molecule has 0 spiro atoms. The molecule has 1 fully saturated rings. The molecule has 1 heterocycles. The number of carbonyl (C=O) groups excluding carboxylic acids is 2. The van der Waals surface area contributed by atoms with Crippen LogP contribution in [0, 0.1) is 15.9 Å². The Labute approximate surface area is 119 Å². The highest BCUT2D eigenvalue weighted by Crippen LogP contribution is 2.20. The first-order chi connectivity index (χ1) is 9.99. The van der Waals surface area contributed by atoms with Crippen molar-refractivity contribution >= 4 is 17.5 Å². The van der Waals surface area contributed by atoms with Crippen LogP contribution in [-0.4, -0.2) is 29.3 Å². The van der Waals surface area contributed by atoms with E-state index in [1.807, 2.05) is 0 Å². The lowest BCUT2D eigenvalue weighted by atomic mass is 10.1. The fourth-order valence-electron chi connectivity index (χ4n) is 2.16. The molecule has 2 rings (SSSR count). The molecule has 1 aromatic carbocycles. The van der Waals surface area contributed by atoms with Crippen LogP contribution in [0.1, 0.15) is 29.6 Å². The van der Waals surface area contributed by atoms with Gasteiger partial charge in [-0.2, -0.15) is 0 Å². The average Bonchev–Trinajstić information content (AvgIpc) is 2.63. The van der Waals surface area contributed by atoms with Crippen LogP contribution in [0.4, 0.5) is 10.1 Å². The van der Waals surface area contributed by atoms with Crippen molar-refractivity contribution in [3.05, 3.63) is 39.7 Å². The summed E-state index contributed by atoms with van der Waals surface area (Å²) < 4.78 is 13.2. The summed E-state index contributed by atoms with van der Waals surface area (Å²) in [6.07, 6.45) is 1.99. The van der Waals surface area contributed by atoms with Gasteiger partial charge in [0.1, 0.15) is 17.4 Å². The zero-order valence-electron chi connectivity index (χ0n) is 11.1. The summed E-state index contributed by atoms with van der Waals surface area (Å²) in [5, 5.41) is 15.9. The van der Waals surface area contributed by atoms with Gasteiger partial charge in [0.25, 0.3) is 11.6 Å². The zero-order valence-corrected chi connectivity index (χ0v) is 11.1. The number of carbonyl (C=O) groups is 2. The molecule has 0 aliphatic carbocycles. The van der Waals surface area contributed by atoms with Crippen LogP contribution in [-0.2, 0) is 4.79 Å². The summed E-state index contributed by atoms with van der Waals surface area (Å²) in [4.78, 5) is 33.9. The summed E-state index contributed by atoms with van der Waals surface area (Å²) in [6.45, 7) is 0.533. The van der Waals surface area contributed by atoms with Crippen LogP contribution < -0.4 is 10.6 Å². The lowest BCUT2D eigenvalue weighted by Crippen LogP contribution is -2.45. The maximum absolute atomic E-state index is 13.2. The first-order valence-corrected chi connectivity index (χ1v) is 6.51. The number of nitrogens with one attached hydrogen (secondary N) is 2. The molecule has 2 amide bonds. The Hall–Kier alpha value is -2.51. The quantitative estimate of drug-likeness (QED) is 0.644. The van der Waals surface area contributed by atoms with Crippen LogP contribution in [0.3, 0.4) is 0 Å². The zero-order chi connectivity index (χ0) is 15.4. The van der Waals surface area contributed by atoms with Gasteiger partial charge in [-0.05, 0) is 31.4 Å². The van der Waals surface area contributed by atoms with Crippen LogP contribution in [0.15, 0.2) is 18.2 Å². The van der Waals surface area contributed by atoms with E-state index in [0.717, 1.165) is 31.0 Å². The number of nitrogens with zero attached hydrogens (tertiary/aromatic N) is 1. The molecule has 1 aliphatic heterocycles. The van der Waals surface area contributed by atoms with E-state index in [0.29, 0.717) is 13.0 Å². The van der Waals surface area contributed by atoms with Gasteiger partial charge in [-0.15, -0.1) is 0 Å². The Kier molecular flexibility index (Phi) is 4.46. The van der Waals surface area contributed by atoms with Gasteiger partial charge in [-0.25, -0.2) is 4.39 Å². The molecule has 1 saturated heterocycles. The van der Waals surface area contributed by atoms with Crippen LogP contribution in [0.2, 0.25) is 0 Å². The third kappa shape index (κ3) is 3.53. The number of amides is 2. The molecule has 1 aromatic rings. The van der Waals surface area contributed by atoms with Gasteiger partial charge < -0.3 is 10.6 Å². The van der Waals surface area contributed by atoms with Crippen molar-refractivity contribution in [1.29, 1.82) is 0 Å². The van der Waals surface area contributed by atoms with E-state index in [4.69, 9.17) is 0 Å². The van der Waals surface area contributed by atoms with Gasteiger partial charge in [-0.1, -0.05) is 0 Å². The molecule has 21 heavy (non-hydrogen) atoms. The third-order valence-electron chi connectivity index (χ3n) is 3.24. The summed E-state index contributed by atoms with van der Waals surface area (Å²) >= 11 is 0. The summed E-state index contributed by atoms with van der Waals surface area (Å²) in [5.41, 5.74) is -0.889. The smallest absolute Gasteiger partial charge is 0.282 e. The summed E-state index contributed by atoms with van der Waals surface area (Å²) in [5.74, 6) is -1.92. The molecule has 1 unspecified atom stereocenters. The van der Waals surface area contributed by atoms with Gasteiger partial charge in [0.05, 0.1) is 4.92 Å². The molecule has 7 nitrogen and oxygen atoms in total. The molecular weight excluding hydrogens is 281 g/mol. The van der Waals surface area contributed by atoms with E-state index in [2.05, 4.69) is 10.6 Å². The van der Waals surface area contributed by atoms with E-state index in [-0.39, 0.29) is 5.91 Å². The Morgan fingerprint density at radius 2 is 2.19 bits per heavy atom. The third-order valence-corrected chi connectivity index (χ3v) is 3.24. The fourth-order valence-corrected chi connectivity index (χ4v) is 2.16. The predicted molar refractivity (Wildman–Crippen MR) is 71.2 cm³/mol. The highest BCUT2D eigenvalue weighted by molar-refractivity contribution is 6.00. The summed E-state index contributed by atoms with van der Waals surface area (Å²) in [6, 6.07) is 1.87. The first kappa shape index (κ1) is 14.9. The molecule has 0 radical (unpaired) electrons. The van der Waals surface area contributed by atoms with Gasteiger partial charge in [-0.3, -0.25) is 19.7 Å². The van der Waals surface area contributed by atoms with Crippen molar-refractivity contribution in [2.45, 2.75) is 25.3 Å². The van der Waals surface area contributed by atoms with Crippen molar-refractivity contribution in [1.82, 2.24) is 10.6 Å². The highest BCUT2D eigenvalue weighted by Gasteiger charge is 2.26. The minimum atomic E-state index is -0.830. The normalized spacial score (nSPS) is 18.5. The van der Waals surface area contributed by atoms with E-state index in [1.165, 1.54) is 0 Å². The molecule has 2 N–H and O–H groups in total. The maximum Gasteiger partial charge on any atom is 0.282 e. The van der Waals surface area contributed by atoms with Gasteiger partial charge >= 0.3 is 0 Å². The van der Waals surface area contributed by atoms with Crippen molar-refractivity contribution in [2.24, 2.45) is 0 Å². The van der Waals surface area contributed by atoms with Gasteiger partial charge in [0.15, 0.2) is 0 Å². The predicted octanol–water partition coefficient (Wildman–Crippen LogP) is 1.13. The number of nitro benzene ring substituents is 1. The monoisotopic (exact) mass is 295 g/mol. The topological polar surface area (TPSA) is 101 Å². The van der Waals surface area contributed by atoms with Crippen molar-refractivity contribution < 1.29 is 18.9 Å². The fraction of sp³-hybridized carbons (Fsp3) is 0.385. The molecule has 1 atom stereocenters. The number of nitro groups is 1. The molecule has 0 aromatic heterocycles. The maximum atomic E-state index is 13.2. The van der Waals surface area contributed by atoms with Crippen molar-refractivity contribution in [2.75, 3.05) is 6.54 Å². The molecule has 112 valence electrons. The van der Waals surface area contributed by atoms with Gasteiger partial charge in [0, 0.05) is 12.6 Å². The van der Waals surface area contributed by atoms with E-state index >= 15 is 0 Å². The Morgan fingerprint density at radius 1 is 1.43 bits per heavy atom. The van der Waals surface area contributed by atoms with E-state index in [1.54, 1.807) is 0 Å². The summed E-state index contributed by atoms with van der Waals surface area (Å²) in [7, 11) is 0. The average molecular weight is 295 g/mol. The Morgan fingerprint density at radius 3 is 2.90 bits per heavy atom. The number of benzene rings is 1. The SMILES string of the molecule is O=C(NC1CCCCNC1=O)c1cc(F)ccc1[N+](=O)[O-]. The van der Waals surface area contributed by atoms with Crippen molar-refractivity contribution in [3.8, 4) is 0 Å². The second-order valence-electron chi connectivity index (χ2n) is 4.73. The van der Waals surface area contributed by atoms with E-state index < -0.39 is 33.9 Å². The largest absolute Gasteiger partial charge is 0.354 e. The molecule has 8 heteroatoms. The number of halogens is 1. The molecular formula is C13H14FN3O4. The number of hydrogen-bond donors (Lipinski definition) is 2. The van der Waals surface area contributed by atoms with E-state index in [9.17, 15) is 24.1 Å². The molecule has 0 saturated carbocycles. The molecule has 1 aliphatic rings. The lowest BCUT2D eigenvalue weighted by molar-refractivity contribution is -0.385. The Balaban J connectivity index is 2.21. The van der Waals surface area contributed by atoms with Crippen molar-refractivity contribution in [3.63, 3.8) is 0 Å². The first-order valence-electron chi connectivity index (χ1n) is 6.51. The highest BCUT2D eigenvalue weighted by atomic mass is 19.1. The molecule has 0 bridgehead atoms. The number of hydrogen-bond acceptors (Lipinski definition) is 4. The van der Waals surface area contributed by atoms with Gasteiger partial charge in [0.2, 0.25) is 5.91 Å². The number of rotatable bonds is 3. The second-order valence-corrected chi connectivity index (χ2v) is 4.73.